The Morgan fingerprint density at radius 2 is 2.00 bits per heavy atom. The van der Waals surface area contributed by atoms with Crippen LogP contribution in [-0.2, 0) is 6.42 Å². The first-order chi connectivity index (χ1) is 8.59. The van der Waals surface area contributed by atoms with E-state index < -0.39 is 0 Å². The molecule has 0 fully saturated rings. The molecular weight excluding hydrogens is 222 g/mol. The molecule has 2 rings (SSSR count). The second-order valence-corrected chi connectivity index (χ2v) is 6.30. The van der Waals surface area contributed by atoms with Crippen LogP contribution in [0.1, 0.15) is 57.9 Å². The van der Waals surface area contributed by atoms with Crippen LogP contribution in [0.4, 0.5) is 0 Å². The van der Waals surface area contributed by atoms with Crippen molar-refractivity contribution in [1.82, 2.24) is 5.32 Å². The van der Waals surface area contributed by atoms with Crippen molar-refractivity contribution in [1.29, 1.82) is 0 Å². The number of nitrogens with one attached hydrogen (secondary N) is 1. The van der Waals surface area contributed by atoms with E-state index >= 15 is 0 Å². The maximum Gasteiger partial charge on any atom is 0.108 e. The van der Waals surface area contributed by atoms with Gasteiger partial charge in [-0.2, -0.15) is 0 Å². The molecule has 0 saturated carbocycles. The lowest BCUT2D eigenvalue weighted by Crippen LogP contribution is -2.33. The number of furan rings is 1. The van der Waals surface area contributed by atoms with Gasteiger partial charge in [0.15, 0.2) is 0 Å². The van der Waals surface area contributed by atoms with Gasteiger partial charge in [0.05, 0.1) is 6.26 Å². The fraction of sp³-hybridized carbons (Fsp3) is 0.750. The number of fused-ring (bicyclic) bond motifs is 1. The average Bonchev–Trinajstić information content (AvgIpc) is 2.77. The molecule has 1 N–H and O–H groups in total. The van der Waals surface area contributed by atoms with Gasteiger partial charge >= 0.3 is 0 Å². The van der Waals surface area contributed by atoms with Crippen LogP contribution >= 0.6 is 0 Å². The van der Waals surface area contributed by atoms with E-state index in [1.807, 2.05) is 6.26 Å². The molecule has 1 unspecified atom stereocenters. The Morgan fingerprint density at radius 3 is 2.67 bits per heavy atom. The summed E-state index contributed by atoms with van der Waals surface area (Å²) >= 11 is 0. The van der Waals surface area contributed by atoms with Gasteiger partial charge in [0.2, 0.25) is 0 Å². The largest absolute Gasteiger partial charge is 0.469 e. The Kier molecular flexibility index (Phi) is 4.50. The summed E-state index contributed by atoms with van der Waals surface area (Å²) < 4.78 is 5.55. The third-order valence-corrected chi connectivity index (χ3v) is 4.36. The SMILES string of the molecule is CC(C)C(CNC1CCCc2occc21)C(C)C. The van der Waals surface area contributed by atoms with Crippen molar-refractivity contribution >= 4 is 0 Å². The molecule has 0 aliphatic heterocycles. The highest BCUT2D eigenvalue weighted by molar-refractivity contribution is 5.24. The molecule has 0 bridgehead atoms. The highest BCUT2D eigenvalue weighted by Gasteiger charge is 2.24. The van der Waals surface area contributed by atoms with Crippen molar-refractivity contribution in [2.75, 3.05) is 6.54 Å². The zero-order chi connectivity index (χ0) is 13.1. The molecule has 0 amide bonds. The van der Waals surface area contributed by atoms with Crippen LogP contribution in [0.2, 0.25) is 0 Å². The monoisotopic (exact) mass is 249 g/mol. The van der Waals surface area contributed by atoms with Crippen molar-refractivity contribution in [2.24, 2.45) is 17.8 Å². The maximum absolute atomic E-state index is 5.55. The van der Waals surface area contributed by atoms with Gasteiger partial charge in [0.1, 0.15) is 5.76 Å². The van der Waals surface area contributed by atoms with E-state index in [4.69, 9.17) is 4.42 Å². The third-order valence-electron chi connectivity index (χ3n) is 4.36. The van der Waals surface area contributed by atoms with E-state index in [2.05, 4.69) is 39.1 Å². The molecule has 2 heteroatoms. The van der Waals surface area contributed by atoms with E-state index in [1.54, 1.807) is 0 Å². The van der Waals surface area contributed by atoms with E-state index in [9.17, 15) is 0 Å². The molecule has 1 aliphatic rings. The number of aryl methyl sites for hydroxylation is 1. The van der Waals surface area contributed by atoms with Crippen LogP contribution in [0, 0.1) is 17.8 Å². The van der Waals surface area contributed by atoms with Crippen molar-refractivity contribution in [3.8, 4) is 0 Å². The Hall–Kier alpha value is -0.760. The lowest BCUT2D eigenvalue weighted by Gasteiger charge is -2.29. The summed E-state index contributed by atoms with van der Waals surface area (Å²) in [5.74, 6) is 3.43. The topological polar surface area (TPSA) is 25.2 Å². The predicted molar refractivity (Wildman–Crippen MR) is 75.6 cm³/mol. The van der Waals surface area contributed by atoms with Crippen LogP contribution in [0.3, 0.4) is 0 Å². The molecule has 0 radical (unpaired) electrons. The summed E-state index contributed by atoms with van der Waals surface area (Å²) in [4.78, 5) is 0. The quantitative estimate of drug-likeness (QED) is 0.847. The summed E-state index contributed by atoms with van der Waals surface area (Å²) in [7, 11) is 0. The van der Waals surface area contributed by atoms with Gasteiger partial charge in [-0.1, -0.05) is 27.7 Å². The fourth-order valence-electron chi connectivity index (χ4n) is 3.22. The summed E-state index contributed by atoms with van der Waals surface area (Å²) in [6.07, 6.45) is 5.44. The third kappa shape index (κ3) is 2.97. The molecule has 0 saturated heterocycles. The standard InChI is InChI=1S/C16H27NO/c1-11(2)14(12(3)4)10-17-15-6-5-7-16-13(15)8-9-18-16/h8-9,11-12,14-15,17H,5-7,10H2,1-4H3. The average molecular weight is 249 g/mol. The van der Waals surface area contributed by atoms with Gasteiger partial charge in [-0.15, -0.1) is 0 Å². The fourth-order valence-corrected chi connectivity index (χ4v) is 3.22. The Morgan fingerprint density at radius 1 is 1.28 bits per heavy atom. The van der Waals surface area contributed by atoms with E-state index in [-0.39, 0.29) is 0 Å². The molecule has 2 nitrogen and oxygen atoms in total. The van der Waals surface area contributed by atoms with Crippen molar-refractivity contribution in [3.63, 3.8) is 0 Å². The molecular formula is C16H27NO. The second kappa shape index (κ2) is 5.92. The Balaban J connectivity index is 1.95. The number of hydrogen-bond acceptors (Lipinski definition) is 2. The minimum atomic E-state index is 0.507. The summed E-state index contributed by atoms with van der Waals surface area (Å²) in [6, 6.07) is 2.65. The zero-order valence-corrected chi connectivity index (χ0v) is 12.2. The smallest absolute Gasteiger partial charge is 0.108 e. The first-order valence-electron chi connectivity index (χ1n) is 7.39. The maximum atomic E-state index is 5.55. The highest BCUT2D eigenvalue weighted by Crippen LogP contribution is 2.31. The van der Waals surface area contributed by atoms with E-state index in [1.165, 1.54) is 24.2 Å². The molecule has 1 heterocycles. The van der Waals surface area contributed by atoms with Crippen LogP contribution in [0.15, 0.2) is 16.7 Å². The second-order valence-electron chi connectivity index (χ2n) is 6.30. The van der Waals surface area contributed by atoms with Crippen molar-refractivity contribution in [3.05, 3.63) is 23.7 Å². The van der Waals surface area contributed by atoms with Gasteiger partial charge < -0.3 is 9.73 Å². The minimum absolute atomic E-state index is 0.507. The lowest BCUT2D eigenvalue weighted by atomic mass is 9.84. The molecule has 1 aliphatic carbocycles. The highest BCUT2D eigenvalue weighted by atomic mass is 16.3. The van der Waals surface area contributed by atoms with Gasteiger partial charge in [-0.3, -0.25) is 0 Å². The zero-order valence-electron chi connectivity index (χ0n) is 12.2. The normalized spacial score (nSPS) is 19.8. The van der Waals surface area contributed by atoms with E-state index in [0.29, 0.717) is 6.04 Å². The molecule has 18 heavy (non-hydrogen) atoms. The molecule has 1 aromatic rings. The van der Waals surface area contributed by atoms with Gasteiger partial charge in [0.25, 0.3) is 0 Å². The molecule has 1 atom stereocenters. The minimum Gasteiger partial charge on any atom is -0.469 e. The number of rotatable bonds is 5. The summed E-state index contributed by atoms with van der Waals surface area (Å²) in [5, 5.41) is 3.77. The molecule has 0 spiro atoms. The van der Waals surface area contributed by atoms with Gasteiger partial charge in [-0.05, 0) is 43.2 Å². The lowest BCUT2D eigenvalue weighted by molar-refractivity contribution is 0.259. The Bertz CT molecular complexity index is 359. The van der Waals surface area contributed by atoms with E-state index in [0.717, 1.165) is 30.7 Å². The first kappa shape index (κ1) is 13.7. The Labute approximate surface area is 111 Å². The molecule has 0 aromatic carbocycles. The van der Waals surface area contributed by atoms with Crippen LogP contribution < -0.4 is 5.32 Å². The summed E-state index contributed by atoms with van der Waals surface area (Å²) in [5.41, 5.74) is 1.40. The molecule has 102 valence electrons. The number of hydrogen-bond donors (Lipinski definition) is 1. The van der Waals surface area contributed by atoms with Crippen LogP contribution in [0.25, 0.3) is 0 Å². The van der Waals surface area contributed by atoms with Crippen molar-refractivity contribution in [2.45, 2.75) is 53.0 Å². The predicted octanol–water partition coefficient (Wildman–Crippen LogP) is 4.17. The van der Waals surface area contributed by atoms with Crippen LogP contribution in [0.5, 0.6) is 0 Å². The van der Waals surface area contributed by atoms with Crippen molar-refractivity contribution < 1.29 is 4.42 Å². The van der Waals surface area contributed by atoms with Gasteiger partial charge in [-0.25, -0.2) is 0 Å². The molecule has 1 aromatic heterocycles. The first-order valence-corrected chi connectivity index (χ1v) is 7.39. The summed E-state index contributed by atoms with van der Waals surface area (Å²) in [6.45, 7) is 10.4. The van der Waals surface area contributed by atoms with Crippen LogP contribution in [-0.4, -0.2) is 6.54 Å². The van der Waals surface area contributed by atoms with Gasteiger partial charge in [0, 0.05) is 18.0 Å².